The van der Waals surface area contributed by atoms with E-state index in [-0.39, 0.29) is 12.0 Å². The molecule has 0 saturated carbocycles. The van der Waals surface area contributed by atoms with Crippen LogP contribution in [0.15, 0.2) is 48.5 Å². The van der Waals surface area contributed by atoms with Gasteiger partial charge >= 0.3 is 0 Å². The van der Waals surface area contributed by atoms with Crippen molar-refractivity contribution < 1.29 is 9.53 Å². The highest BCUT2D eigenvalue weighted by Gasteiger charge is 2.27. The first-order chi connectivity index (χ1) is 17.6. The van der Waals surface area contributed by atoms with Crippen LogP contribution in [0.3, 0.4) is 0 Å². The molecule has 4 rings (SSSR count). The Bertz CT molecular complexity index is 1020. The molecule has 192 valence electrons. The number of nitrogens with zero attached hydrogens (tertiary/aromatic N) is 4. The summed E-state index contributed by atoms with van der Waals surface area (Å²) in [5.41, 5.74) is 4.20. The molecule has 6 heteroatoms. The van der Waals surface area contributed by atoms with Gasteiger partial charge in [0.15, 0.2) is 0 Å². The van der Waals surface area contributed by atoms with Gasteiger partial charge in [0, 0.05) is 57.4 Å². The van der Waals surface area contributed by atoms with E-state index in [9.17, 15) is 4.79 Å². The van der Waals surface area contributed by atoms with Crippen molar-refractivity contribution in [1.82, 2.24) is 9.80 Å². The summed E-state index contributed by atoms with van der Waals surface area (Å²) in [6, 6.07) is 18.6. The molecule has 1 amide bonds. The van der Waals surface area contributed by atoms with E-state index in [1.54, 1.807) is 0 Å². The average molecular weight is 489 g/mol. The van der Waals surface area contributed by atoms with Crippen LogP contribution in [0.5, 0.6) is 0 Å². The van der Waals surface area contributed by atoms with Crippen molar-refractivity contribution in [2.24, 2.45) is 5.92 Å². The Kier molecular flexibility index (Phi) is 9.38. The molecule has 0 aliphatic carbocycles. The van der Waals surface area contributed by atoms with E-state index < -0.39 is 0 Å². The Labute approximate surface area is 216 Å². The Hall–Kier alpha value is -2.88. The first-order valence-corrected chi connectivity index (χ1v) is 13.5. The lowest BCUT2D eigenvalue weighted by Crippen LogP contribution is -2.50. The number of nitriles is 1. The molecule has 0 aromatic heterocycles. The maximum atomic E-state index is 12.8. The lowest BCUT2D eigenvalue weighted by molar-refractivity contribution is -0.137. The average Bonchev–Trinajstić information content (AvgIpc) is 3.47. The van der Waals surface area contributed by atoms with E-state index in [1.807, 2.05) is 29.2 Å². The van der Waals surface area contributed by atoms with Gasteiger partial charge in [-0.1, -0.05) is 44.5 Å². The number of benzene rings is 2. The number of amides is 1. The first-order valence-electron chi connectivity index (χ1n) is 13.5. The van der Waals surface area contributed by atoms with E-state index in [0.29, 0.717) is 18.1 Å². The van der Waals surface area contributed by atoms with Gasteiger partial charge in [-0.2, -0.15) is 5.26 Å². The van der Waals surface area contributed by atoms with E-state index >= 15 is 0 Å². The summed E-state index contributed by atoms with van der Waals surface area (Å²) in [7, 11) is 0. The zero-order chi connectivity index (χ0) is 25.3. The molecule has 2 aliphatic heterocycles. The van der Waals surface area contributed by atoms with Gasteiger partial charge in [-0.25, -0.2) is 0 Å². The molecular formula is C30H40N4O2. The zero-order valence-corrected chi connectivity index (χ0v) is 21.9. The van der Waals surface area contributed by atoms with Gasteiger partial charge < -0.3 is 14.5 Å². The Morgan fingerprint density at radius 3 is 2.42 bits per heavy atom. The fraction of sp³-hybridized carbons (Fsp3) is 0.533. The van der Waals surface area contributed by atoms with Crippen molar-refractivity contribution in [2.45, 2.75) is 52.2 Å². The van der Waals surface area contributed by atoms with Crippen LogP contribution in [0.25, 0.3) is 0 Å². The van der Waals surface area contributed by atoms with Crippen molar-refractivity contribution in [3.8, 4) is 6.07 Å². The SMILES string of the molecule is CCCC(C)C(=O)N1CCN(CC(OCc2ccc(C#N)cc2)c2cccc(N3CCCC3)c2)CC1. The van der Waals surface area contributed by atoms with Crippen LogP contribution in [-0.4, -0.2) is 61.5 Å². The molecular weight excluding hydrogens is 448 g/mol. The van der Waals surface area contributed by atoms with E-state index in [1.165, 1.54) is 24.1 Å². The van der Waals surface area contributed by atoms with Gasteiger partial charge in [-0.3, -0.25) is 9.69 Å². The summed E-state index contributed by atoms with van der Waals surface area (Å²) in [5.74, 6) is 0.404. The minimum absolute atomic E-state index is 0.0653. The standard InChI is InChI=1S/C30H40N4O2/c1-3-7-24(2)30(35)34-18-16-32(17-19-34)22-29(36-23-26-12-10-25(21-31)11-13-26)27-8-6-9-28(20-27)33-14-4-5-15-33/h6,8-13,20,24,29H,3-5,7,14-19,22-23H2,1-2H3. The number of anilines is 1. The topological polar surface area (TPSA) is 59.8 Å². The van der Waals surface area contributed by atoms with Crippen molar-refractivity contribution in [3.63, 3.8) is 0 Å². The van der Waals surface area contributed by atoms with Gasteiger partial charge in [-0.05, 0) is 54.7 Å². The second-order valence-corrected chi connectivity index (χ2v) is 10.2. The molecule has 0 N–H and O–H groups in total. The van der Waals surface area contributed by atoms with Crippen LogP contribution < -0.4 is 4.90 Å². The minimum Gasteiger partial charge on any atom is -0.372 e. The van der Waals surface area contributed by atoms with Gasteiger partial charge in [-0.15, -0.1) is 0 Å². The molecule has 2 atom stereocenters. The monoisotopic (exact) mass is 488 g/mol. The zero-order valence-electron chi connectivity index (χ0n) is 21.9. The van der Waals surface area contributed by atoms with Crippen molar-refractivity contribution in [3.05, 3.63) is 65.2 Å². The van der Waals surface area contributed by atoms with Crippen molar-refractivity contribution >= 4 is 11.6 Å². The molecule has 2 heterocycles. The van der Waals surface area contributed by atoms with Gasteiger partial charge in [0.1, 0.15) is 0 Å². The quantitative estimate of drug-likeness (QED) is 0.471. The number of ether oxygens (including phenoxy) is 1. The summed E-state index contributed by atoms with van der Waals surface area (Å²) in [6.07, 6.45) is 4.44. The number of piperazine rings is 1. The molecule has 0 spiro atoms. The number of rotatable bonds is 10. The van der Waals surface area contributed by atoms with Crippen LogP contribution in [0, 0.1) is 17.2 Å². The predicted octanol–water partition coefficient (Wildman–Crippen LogP) is 5.00. The lowest BCUT2D eigenvalue weighted by atomic mass is 10.0. The Morgan fingerprint density at radius 2 is 1.75 bits per heavy atom. The molecule has 2 fully saturated rings. The number of carbonyl (C=O) groups excluding carboxylic acids is 1. The Balaban J connectivity index is 1.43. The highest BCUT2D eigenvalue weighted by molar-refractivity contribution is 5.78. The molecule has 0 bridgehead atoms. The van der Waals surface area contributed by atoms with Crippen LogP contribution in [0.2, 0.25) is 0 Å². The fourth-order valence-electron chi connectivity index (χ4n) is 5.28. The van der Waals surface area contributed by atoms with Gasteiger partial charge in [0.25, 0.3) is 0 Å². The third kappa shape index (κ3) is 6.87. The molecule has 2 saturated heterocycles. The fourth-order valence-corrected chi connectivity index (χ4v) is 5.28. The molecule has 6 nitrogen and oxygen atoms in total. The highest BCUT2D eigenvalue weighted by Crippen LogP contribution is 2.28. The Morgan fingerprint density at radius 1 is 1.03 bits per heavy atom. The summed E-state index contributed by atoms with van der Waals surface area (Å²) in [6.45, 7) is 11.0. The van der Waals surface area contributed by atoms with E-state index in [2.05, 4.69) is 54.0 Å². The highest BCUT2D eigenvalue weighted by atomic mass is 16.5. The molecule has 0 radical (unpaired) electrons. The van der Waals surface area contributed by atoms with Crippen LogP contribution in [-0.2, 0) is 16.1 Å². The second kappa shape index (κ2) is 12.9. The van der Waals surface area contributed by atoms with Crippen LogP contribution >= 0.6 is 0 Å². The predicted molar refractivity (Wildman–Crippen MR) is 144 cm³/mol. The van der Waals surface area contributed by atoms with Crippen molar-refractivity contribution in [2.75, 3.05) is 50.7 Å². The van der Waals surface area contributed by atoms with Gasteiger partial charge in [0.05, 0.1) is 24.3 Å². The normalized spacial score (nSPS) is 18.1. The third-order valence-corrected chi connectivity index (χ3v) is 7.50. The second-order valence-electron chi connectivity index (χ2n) is 10.2. The van der Waals surface area contributed by atoms with E-state index in [0.717, 1.165) is 64.2 Å². The summed E-state index contributed by atoms with van der Waals surface area (Å²) < 4.78 is 6.53. The van der Waals surface area contributed by atoms with E-state index in [4.69, 9.17) is 10.00 Å². The van der Waals surface area contributed by atoms with Crippen LogP contribution in [0.1, 0.15) is 62.3 Å². The molecule has 36 heavy (non-hydrogen) atoms. The number of carbonyl (C=O) groups is 1. The smallest absolute Gasteiger partial charge is 0.225 e. The van der Waals surface area contributed by atoms with Crippen molar-refractivity contribution in [1.29, 1.82) is 5.26 Å². The third-order valence-electron chi connectivity index (χ3n) is 7.50. The molecule has 2 unspecified atom stereocenters. The number of hydrogen-bond donors (Lipinski definition) is 0. The molecule has 2 aromatic rings. The largest absolute Gasteiger partial charge is 0.372 e. The summed E-state index contributed by atoms with van der Waals surface area (Å²) in [4.78, 5) is 19.7. The first kappa shape index (κ1) is 26.2. The lowest BCUT2D eigenvalue weighted by Gasteiger charge is -2.37. The van der Waals surface area contributed by atoms with Crippen LogP contribution in [0.4, 0.5) is 5.69 Å². The summed E-state index contributed by atoms with van der Waals surface area (Å²) >= 11 is 0. The van der Waals surface area contributed by atoms with Gasteiger partial charge in [0.2, 0.25) is 5.91 Å². The number of hydrogen-bond acceptors (Lipinski definition) is 5. The molecule has 2 aromatic carbocycles. The summed E-state index contributed by atoms with van der Waals surface area (Å²) in [5, 5.41) is 9.09. The maximum absolute atomic E-state index is 12.8. The minimum atomic E-state index is -0.0653. The maximum Gasteiger partial charge on any atom is 0.225 e. The molecule has 2 aliphatic rings.